The van der Waals surface area contributed by atoms with Crippen LogP contribution in [0.1, 0.15) is 44.7 Å². The topological polar surface area (TPSA) is 93.0 Å². The molecule has 3 unspecified atom stereocenters. The summed E-state index contributed by atoms with van der Waals surface area (Å²) in [5.74, 6) is 0.719. The minimum atomic E-state index is -3.39. The molecule has 3 heterocycles. The highest BCUT2D eigenvalue weighted by Gasteiger charge is 2.35. The van der Waals surface area contributed by atoms with Crippen LogP contribution in [-0.4, -0.2) is 60.1 Å². The van der Waals surface area contributed by atoms with E-state index in [2.05, 4.69) is 9.99 Å². The van der Waals surface area contributed by atoms with Gasteiger partial charge in [-0.25, -0.2) is 9.65 Å². The number of piperidine rings is 1. The van der Waals surface area contributed by atoms with Crippen molar-refractivity contribution in [3.05, 3.63) is 34.2 Å². The predicted octanol–water partition coefficient (Wildman–Crippen LogP) is 2.18. The van der Waals surface area contributed by atoms with Crippen LogP contribution in [0.5, 0.6) is 0 Å². The molecule has 2 aliphatic rings. The Morgan fingerprint density at radius 2 is 1.93 bits per heavy atom. The fourth-order valence-corrected chi connectivity index (χ4v) is 5.81. The third-order valence-corrected chi connectivity index (χ3v) is 7.09. The number of hydrogen-bond acceptors (Lipinski definition) is 6. The quantitative estimate of drug-likeness (QED) is 0.523. The van der Waals surface area contributed by atoms with Crippen LogP contribution in [0.25, 0.3) is 0 Å². The smallest absolute Gasteiger partial charge is 0.390 e. The SMILES string of the molecule is CCCOP(=O)(NCC(O)CN1CC2CC(C1)c1cccc(=O)n1C2)OCCC. The molecule has 3 rings (SSSR count). The molecule has 164 valence electrons. The highest BCUT2D eigenvalue weighted by atomic mass is 31.2. The van der Waals surface area contributed by atoms with E-state index in [4.69, 9.17) is 9.05 Å². The fourth-order valence-electron chi connectivity index (χ4n) is 4.28. The normalized spacial score (nSPS) is 23.0. The van der Waals surface area contributed by atoms with E-state index in [1.807, 2.05) is 30.5 Å². The van der Waals surface area contributed by atoms with E-state index in [9.17, 15) is 14.5 Å². The molecule has 0 saturated carbocycles. The zero-order valence-corrected chi connectivity index (χ0v) is 18.4. The largest absolute Gasteiger partial charge is 0.405 e. The van der Waals surface area contributed by atoms with Crippen molar-refractivity contribution in [1.29, 1.82) is 0 Å². The molecule has 0 spiro atoms. The van der Waals surface area contributed by atoms with Crippen molar-refractivity contribution in [2.45, 2.75) is 51.7 Å². The third kappa shape index (κ3) is 6.00. The molecule has 2 aliphatic heterocycles. The number of hydrogen-bond donors (Lipinski definition) is 2. The van der Waals surface area contributed by atoms with Gasteiger partial charge in [0.1, 0.15) is 0 Å². The lowest BCUT2D eigenvalue weighted by molar-refractivity contribution is 0.0628. The number of rotatable bonds is 11. The molecule has 0 aliphatic carbocycles. The molecule has 2 N–H and O–H groups in total. The van der Waals surface area contributed by atoms with Gasteiger partial charge >= 0.3 is 7.75 Å². The lowest BCUT2D eigenvalue weighted by Gasteiger charge is -2.43. The fraction of sp³-hybridized carbons (Fsp3) is 0.750. The van der Waals surface area contributed by atoms with Crippen molar-refractivity contribution in [2.75, 3.05) is 39.4 Å². The minimum Gasteiger partial charge on any atom is -0.390 e. The van der Waals surface area contributed by atoms with Crippen molar-refractivity contribution in [3.8, 4) is 0 Å². The van der Waals surface area contributed by atoms with Crippen LogP contribution in [0, 0.1) is 5.92 Å². The highest BCUT2D eigenvalue weighted by Crippen LogP contribution is 2.43. The Morgan fingerprint density at radius 1 is 1.21 bits per heavy atom. The summed E-state index contributed by atoms with van der Waals surface area (Å²) in [7, 11) is -3.39. The number of β-amino-alcohol motifs (C(OH)–C–C–N with tert-alkyl or cyclic N) is 1. The molecule has 29 heavy (non-hydrogen) atoms. The Bertz CT molecular complexity index is 759. The molecule has 0 amide bonds. The Kier molecular flexibility index (Phi) is 8.07. The molecule has 1 saturated heterocycles. The first-order valence-corrected chi connectivity index (χ1v) is 12.2. The maximum atomic E-state index is 12.7. The van der Waals surface area contributed by atoms with E-state index in [1.165, 1.54) is 0 Å². The zero-order valence-electron chi connectivity index (χ0n) is 17.5. The van der Waals surface area contributed by atoms with Gasteiger partial charge in [0.05, 0.1) is 19.3 Å². The van der Waals surface area contributed by atoms with Gasteiger partial charge in [0.15, 0.2) is 0 Å². The summed E-state index contributed by atoms with van der Waals surface area (Å²) in [4.78, 5) is 14.4. The Balaban J connectivity index is 1.54. The predicted molar refractivity (Wildman–Crippen MR) is 112 cm³/mol. The summed E-state index contributed by atoms with van der Waals surface area (Å²) in [6.07, 6.45) is 1.88. The van der Waals surface area contributed by atoms with Gasteiger partial charge < -0.3 is 9.67 Å². The Labute approximate surface area is 172 Å². The van der Waals surface area contributed by atoms with Crippen LogP contribution in [0.3, 0.4) is 0 Å². The number of pyridine rings is 1. The molecule has 9 heteroatoms. The number of nitrogens with one attached hydrogen (secondary N) is 1. The summed E-state index contributed by atoms with van der Waals surface area (Å²) < 4.78 is 25.4. The monoisotopic (exact) mass is 427 g/mol. The van der Waals surface area contributed by atoms with Crippen LogP contribution in [-0.2, 0) is 20.2 Å². The maximum Gasteiger partial charge on any atom is 0.405 e. The number of nitrogens with zero attached hydrogens (tertiary/aromatic N) is 2. The van der Waals surface area contributed by atoms with Gasteiger partial charge in [-0.1, -0.05) is 19.9 Å². The summed E-state index contributed by atoms with van der Waals surface area (Å²) in [6.45, 7) is 7.61. The number of aliphatic hydroxyl groups excluding tert-OH is 1. The van der Waals surface area contributed by atoms with Crippen LogP contribution >= 0.6 is 7.75 Å². The summed E-state index contributed by atoms with van der Waals surface area (Å²) >= 11 is 0. The van der Waals surface area contributed by atoms with Crippen molar-refractivity contribution < 1.29 is 18.7 Å². The van der Waals surface area contributed by atoms with E-state index in [0.29, 0.717) is 31.6 Å². The first kappa shape index (κ1) is 22.7. The molecule has 8 nitrogen and oxygen atoms in total. The second kappa shape index (κ2) is 10.3. The van der Waals surface area contributed by atoms with Crippen molar-refractivity contribution in [3.63, 3.8) is 0 Å². The minimum absolute atomic E-state index is 0.0739. The lowest BCUT2D eigenvalue weighted by Crippen LogP contribution is -2.49. The number of aliphatic hydroxyl groups is 1. The first-order chi connectivity index (χ1) is 13.9. The average Bonchev–Trinajstić information content (AvgIpc) is 2.70. The Morgan fingerprint density at radius 3 is 2.62 bits per heavy atom. The van der Waals surface area contributed by atoms with E-state index in [1.54, 1.807) is 6.07 Å². The second-order valence-corrected chi connectivity index (χ2v) is 9.92. The molecular weight excluding hydrogens is 393 g/mol. The van der Waals surface area contributed by atoms with Crippen molar-refractivity contribution in [2.24, 2.45) is 5.92 Å². The van der Waals surface area contributed by atoms with Crippen LogP contribution in [0.2, 0.25) is 0 Å². The van der Waals surface area contributed by atoms with Gasteiger partial charge in [-0.2, -0.15) is 0 Å². The molecule has 1 aromatic heterocycles. The lowest BCUT2D eigenvalue weighted by atomic mass is 9.83. The van der Waals surface area contributed by atoms with Gasteiger partial charge in [0, 0.05) is 50.4 Å². The van der Waals surface area contributed by atoms with Crippen molar-refractivity contribution >= 4 is 7.75 Å². The standard InChI is InChI=1S/C20H34N3O5P/c1-3-8-27-29(26,28-9-4-2)21-11-18(24)15-22-12-16-10-17(14-22)19-6-5-7-20(25)23(19)13-16/h5-7,16-18,24H,3-4,8-15H2,1-2H3,(H,21,26). The highest BCUT2D eigenvalue weighted by molar-refractivity contribution is 7.51. The van der Waals surface area contributed by atoms with Crippen LogP contribution in [0.4, 0.5) is 0 Å². The Hall–Kier alpha value is -1.02. The number of fused-ring (bicyclic) bond motifs is 4. The average molecular weight is 427 g/mol. The van der Waals surface area contributed by atoms with Crippen LogP contribution in [0.15, 0.2) is 23.0 Å². The van der Waals surface area contributed by atoms with E-state index in [-0.39, 0.29) is 12.1 Å². The van der Waals surface area contributed by atoms with E-state index < -0.39 is 13.9 Å². The van der Waals surface area contributed by atoms with Crippen molar-refractivity contribution in [1.82, 2.24) is 14.6 Å². The van der Waals surface area contributed by atoms with E-state index in [0.717, 1.165) is 44.6 Å². The molecule has 2 bridgehead atoms. The van der Waals surface area contributed by atoms with Crippen LogP contribution < -0.4 is 10.6 Å². The van der Waals surface area contributed by atoms with Gasteiger partial charge in [-0.05, 0) is 31.2 Å². The number of aromatic nitrogens is 1. The number of likely N-dealkylation sites (tertiary alicyclic amines) is 1. The molecular formula is C20H34N3O5P. The molecule has 1 fully saturated rings. The maximum absolute atomic E-state index is 12.7. The van der Waals surface area contributed by atoms with Gasteiger partial charge in [-0.15, -0.1) is 0 Å². The molecule has 0 aromatic carbocycles. The molecule has 0 radical (unpaired) electrons. The summed E-state index contributed by atoms with van der Waals surface area (Å²) in [5, 5.41) is 13.3. The van der Waals surface area contributed by atoms with Gasteiger partial charge in [-0.3, -0.25) is 18.7 Å². The second-order valence-electron chi connectivity index (χ2n) is 8.10. The summed E-state index contributed by atoms with van der Waals surface area (Å²) in [5.41, 5.74) is 1.17. The molecule has 1 aromatic rings. The van der Waals surface area contributed by atoms with E-state index >= 15 is 0 Å². The third-order valence-electron chi connectivity index (χ3n) is 5.48. The van der Waals surface area contributed by atoms with Gasteiger partial charge in [0.25, 0.3) is 5.56 Å². The zero-order chi connectivity index (χ0) is 20.9. The summed E-state index contributed by atoms with van der Waals surface area (Å²) in [6, 6.07) is 5.49. The van der Waals surface area contributed by atoms with Gasteiger partial charge in [0.2, 0.25) is 0 Å². The first-order valence-electron chi connectivity index (χ1n) is 10.7. The molecule has 3 atom stereocenters.